The average Bonchev–Trinajstić information content (AvgIpc) is 3.17. The Labute approximate surface area is 115 Å². The van der Waals surface area contributed by atoms with E-state index in [2.05, 4.69) is 17.6 Å². The van der Waals surface area contributed by atoms with Gasteiger partial charge < -0.3 is 16.4 Å². The van der Waals surface area contributed by atoms with Crippen LogP contribution in [0.1, 0.15) is 46.5 Å². The van der Waals surface area contributed by atoms with Gasteiger partial charge in [0, 0.05) is 6.04 Å². The fourth-order valence-electron chi connectivity index (χ4n) is 1.95. The maximum Gasteiger partial charge on any atom is 0.239 e. The second-order valence-electron chi connectivity index (χ2n) is 5.84. The first-order valence-corrected chi connectivity index (χ1v) is 7.26. The third-order valence-electron chi connectivity index (χ3n) is 3.62. The molecule has 1 rings (SSSR count). The summed E-state index contributed by atoms with van der Waals surface area (Å²) in [7, 11) is 0. The van der Waals surface area contributed by atoms with Crippen LogP contribution in [0.4, 0.5) is 0 Å². The van der Waals surface area contributed by atoms with Crippen molar-refractivity contribution in [1.82, 2.24) is 10.6 Å². The lowest BCUT2D eigenvalue weighted by molar-refractivity contribution is -0.127. The number of carbonyl (C=O) groups is 2. The molecule has 0 saturated heterocycles. The summed E-state index contributed by atoms with van der Waals surface area (Å²) >= 11 is 0. The lowest BCUT2D eigenvalue weighted by Crippen LogP contribution is -2.48. The molecule has 4 N–H and O–H groups in total. The van der Waals surface area contributed by atoms with Crippen LogP contribution in [0.5, 0.6) is 0 Å². The lowest BCUT2D eigenvalue weighted by atomic mass is 10.1. The smallest absolute Gasteiger partial charge is 0.239 e. The Kier molecular flexibility index (Phi) is 6.28. The molecule has 19 heavy (non-hydrogen) atoms. The van der Waals surface area contributed by atoms with Gasteiger partial charge in [0.2, 0.25) is 11.8 Å². The van der Waals surface area contributed by atoms with Gasteiger partial charge in [0.05, 0.1) is 12.6 Å². The SMILES string of the molecule is CCC(CC1CC1)NC(=O)CNC(=O)[C@@H](N)C(C)C. The van der Waals surface area contributed by atoms with E-state index in [9.17, 15) is 9.59 Å². The van der Waals surface area contributed by atoms with Gasteiger partial charge in [-0.1, -0.05) is 33.6 Å². The van der Waals surface area contributed by atoms with E-state index in [-0.39, 0.29) is 30.3 Å². The zero-order chi connectivity index (χ0) is 14.4. The topological polar surface area (TPSA) is 84.2 Å². The average molecular weight is 269 g/mol. The highest BCUT2D eigenvalue weighted by Gasteiger charge is 2.25. The Balaban J connectivity index is 2.24. The van der Waals surface area contributed by atoms with Gasteiger partial charge in [0.25, 0.3) is 0 Å². The Morgan fingerprint density at radius 1 is 1.32 bits per heavy atom. The van der Waals surface area contributed by atoms with Crippen molar-refractivity contribution in [2.24, 2.45) is 17.6 Å². The Hall–Kier alpha value is -1.10. The van der Waals surface area contributed by atoms with E-state index >= 15 is 0 Å². The predicted molar refractivity (Wildman–Crippen MR) is 75.4 cm³/mol. The number of nitrogens with one attached hydrogen (secondary N) is 2. The molecule has 5 heteroatoms. The molecule has 1 aliphatic carbocycles. The summed E-state index contributed by atoms with van der Waals surface area (Å²) in [5.74, 6) is 0.465. The molecule has 0 bridgehead atoms. The fourth-order valence-corrected chi connectivity index (χ4v) is 1.95. The summed E-state index contributed by atoms with van der Waals surface area (Å²) < 4.78 is 0. The van der Waals surface area contributed by atoms with Crippen molar-refractivity contribution in [2.45, 2.75) is 58.5 Å². The number of amides is 2. The summed E-state index contributed by atoms with van der Waals surface area (Å²) in [6.45, 7) is 5.85. The maximum absolute atomic E-state index is 11.7. The van der Waals surface area contributed by atoms with Gasteiger partial charge >= 0.3 is 0 Å². The second-order valence-corrected chi connectivity index (χ2v) is 5.84. The third kappa shape index (κ3) is 6.05. The van der Waals surface area contributed by atoms with Gasteiger partial charge in [0.15, 0.2) is 0 Å². The van der Waals surface area contributed by atoms with Crippen LogP contribution in [0.2, 0.25) is 0 Å². The van der Waals surface area contributed by atoms with Crippen LogP contribution in [-0.4, -0.2) is 30.4 Å². The summed E-state index contributed by atoms with van der Waals surface area (Å²) in [6, 6.07) is -0.322. The minimum atomic E-state index is -0.554. The Bertz CT molecular complexity index is 314. The number of hydrogen-bond acceptors (Lipinski definition) is 3. The number of rotatable bonds is 8. The number of hydrogen-bond donors (Lipinski definition) is 3. The highest BCUT2D eigenvalue weighted by molar-refractivity contribution is 5.87. The minimum absolute atomic E-state index is 0.0143. The zero-order valence-electron chi connectivity index (χ0n) is 12.2. The second kappa shape index (κ2) is 7.48. The first-order chi connectivity index (χ1) is 8.93. The first-order valence-electron chi connectivity index (χ1n) is 7.26. The molecule has 0 aliphatic heterocycles. The maximum atomic E-state index is 11.7. The molecule has 0 aromatic heterocycles. The summed E-state index contributed by atoms with van der Waals surface area (Å²) in [5.41, 5.74) is 5.70. The molecular formula is C14H27N3O2. The first kappa shape index (κ1) is 16.0. The summed E-state index contributed by atoms with van der Waals surface area (Å²) in [5, 5.41) is 5.55. The van der Waals surface area contributed by atoms with Gasteiger partial charge in [0.1, 0.15) is 0 Å². The number of carbonyl (C=O) groups excluding carboxylic acids is 2. The van der Waals surface area contributed by atoms with Crippen molar-refractivity contribution in [3.63, 3.8) is 0 Å². The quantitative estimate of drug-likeness (QED) is 0.609. The Morgan fingerprint density at radius 2 is 1.95 bits per heavy atom. The zero-order valence-corrected chi connectivity index (χ0v) is 12.2. The molecule has 0 aromatic rings. The standard InChI is InChI=1S/C14H27N3O2/c1-4-11(7-10-5-6-10)17-12(18)8-16-14(19)13(15)9(2)3/h9-11,13H,4-8,15H2,1-3H3,(H,16,19)(H,17,18)/t11?,13-/m0/s1. The molecular weight excluding hydrogens is 242 g/mol. The molecule has 2 amide bonds. The molecule has 0 aromatic carbocycles. The van der Waals surface area contributed by atoms with Gasteiger partial charge in [-0.05, 0) is 24.7 Å². The van der Waals surface area contributed by atoms with Gasteiger partial charge in [-0.3, -0.25) is 9.59 Å². The minimum Gasteiger partial charge on any atom is -0.352 e. The van der Waals surface area contributed by atoms with E-state index in [0.717, 1.165) is 18.8 Å². The summed E-state index contributed by atoms with van der Waals surface area (Å²) in [6.07, 6.45) is 4.56. The van der Waals surface area contributed by atoms with Crippen molar-refractivity contribution in [3.05, 3.63) is 0 Å². The molecule has 1 unspecified atom stereocenters. The molecule has 0 spiro atoms. The van der Waals surface area contributed by atoms with Crippen LogP contribution in [0.15, 0.2) is 0 Å². The van der Waals surface area contributed by atoms with E-state index in [1.807, 2.05) is 13.8 Å². The predicted octanol–water partition coefficient (Wildman–Crippen LogP) is 0.781. The normalized spacial score (nSPS) is 17.9. The monoisotopic (exact) mass is 269 g/mol. The highest BCUT2D eigenvalue weighted by Crippen LogP contribution is 2.33. The van der Waals surface area contributed by atoms with Gasteiger partial charge in [-0.25, -0.2) is 0 Å². The summed E-state index contributed by atoms with van der Waals surface area (Å²) in [4.78, 5) is 23.4. The molecule has 110 valence electrons. The molecule has 1 fully saturated rings. The third-order valence-corrected chi connectivity index (χ3v) is 3.62. The number of nitrogens with two attached hydrogens (primary N) is 1. The van der Waals surface area contributed by atoms with Crippen molar-refractivity contribution >= 4 is 11.8 Å². The van der Waals surface area contributed by atoms with E-state index in [1.54, 1.807) is 0 Å². The van der Waals surface area contributed by atoms with Crippen LogP contribution in [0.3, 0.4) is 0 Å². The highest BCUT2D eigenvalue weighted by atomic mass is 16.2. The molecule has 1 saturated carbocycles. The van der Waals surface area contributed by atoms with Crippen molar-refractivity contribution in [2.75, 3.05) is 6.54 Å². The van der Waals surface area contributed by atoms with Crippen LogP contribution in [-0.2, 0) is 9.59 Å². The van der Waals surface area contributed by atoms with Gasteiger partial charge in [-0.2, -0.15) is 0 Å². The van der Waals surface area contributed by atoms with Gasteiger partial charge in [-0.15, -0.1) is 0 Å². The van der Waals surface area contributed by atoms with Crippen LogP contribution >= 0.6 is 0 Å². The van der Waals surface area contributed by atoms with Crippen LogP contribution in [0, 0.1) is 11.8 Å². The van der Waals surface area contributed by atoms with Crippen molar-refractivity contribution < 1.29 is 9.59 Å². The van der Waals surface area contributed by atoms with Crippen molar-refractivity contribution in [3.8, 4) is 0 Å². The molecule has 2 atom stereocenters. The van der Waals surface area contributed by atoms with E-state index in [0.29, 0.717) is 0 Å². The van der Waals surface area contributed by atoms with Crippen LogP contribution < -0.4 is 16.4 Å². The molecule has 0 heterocycles. The largest absolute Gasteiger partial charge is 0.352 e. The van der Waals surface area contributed by atoms with E-state index in [4.69, 9.17) is 5.73 Å². The Morgan fingerprint density at radius 3 is 2.42 bits per heavy atom. The molecule has 5 nitrogen and oxygen atoms in total. The fraction of sp³-hybridized carbons (Fsp3) is 0.857. The molecule has 1 aliphatic rings. The van der Waals surface area contributed by atoms with Crippen LogP contribution in [0.25, 0.3) is 0 Å². The lowest BCUT2D eigenvalue weighted by Gasteiger charge is -2.18. The molecule has 0 radical (unpaired) electrons. The van der Waals surface area contributed by atoms with Crippen molar-refractivity contribution in [1.29, 1.82) is 0 Å². The van der Waals surface area contributed by atoms with E-state index < -0.39 is 6.04 Å². The van der Waals surface area contributed by atoms with E-state index in [1.165, 1.54) is 12.8 Å².